The number of aromatic nitrogens is 1. The highest BCUT2D eigenvalue weighted by molar-refractivity contribution is 5.92. The molecule has 0 unspecified atom stereocenters. The fourth-order valence-electron chi connectivity index (χ4n) is 3.34. The Hall–Kier alpha value is -3.14. The molecule has 2 aromatic carbocycles. The van der Waals surface area contributed by atoms with E-state index in [4.69, 9.17) is 0 Å². The van der Waals surface area contributed by atoms with Crippen LogP contribution in [0.15, 0.2) is 72.9 Å². The number of rotatable bonds is 5. The van der Waals surface area contributed by atoms with Crippen LogP contribution in [0.25, 0.3) is 0 Å². The van der Waals surface area contributed by atoms with Crippen LogP contribution in [0.1, 0.15) is 21.6 Å². The van der Waals surface area contributed by atoms with E-state index >= 15 is 0 Å². The molecule has 0 aliphatic carbocycles. The lowest BCUT2D eigenvalue weighted by molar-refractivity contribution is 0.0949. The van der Waals surface area contributed by atoms with Gasteiger partial charge in [0.05, 0.1) is 11.9 Å². The van der Waals surface area contributed by atoms with Crippen molar-refractivity contribution in [2.24, 2.45) is 0 Å². The zero-order valence-electron chi connectivity index (χ0n) is 14.6. The first-order valence-electron chi connectivity index (χ1n) is 8.95. The van der Waals surface area contributed by atoms with Gasteiger partial charge in [0.25, 0.3) is 5.91 Å². The van der Waals surface area contributed by atoms with Gasteiger partial charge in [-0.05, 0) is 42.2 Å². The second-order valence-electron chi connectivity index (χ2n) is 6.42. The van der Waals surface area contributed by atoms with Gasteiger partial charge in [-0.15, -0.1) is 0 Å². The van der Waals surface area contributed by atoms with E-state index in [1.165, 1.54) is 16.8 Å². The maximum Gasteiger partial charge on any atom is 0.269 e. The number of hydrogen-bond donors (Lipinski definition) is 1. The van der Waals surface area contributed by atoms with E-state index in [0.717, 1.165) is 25.1 Å². The maximum atomic E-state index is 12.3. The van der Waals surface area contributed by atoms with Crippen LogP contribution in [-0.2, 0) is 12.8 Å². The number of nitrogens with one attached hydrogen (secondary N) is 1. The molecule has 1 N–H and O–H groups in total. The third-order valence-corrected chi connectivity index (χ3v) is 4.72. The summed E-state index contributed by atoms with van der Waals surface area (Å²) in [5.74, 6) is -0.130. The van der Waals surface area contributed by atoms with E-state index in [0.29, 0.717) is 12.2 Å². The van der Waals surface area contributed by atoms with Crippen molar-refractivity contribution in [3.8, 4) is 0 Å². The zero-order valence-corrected chi connectivity index (χ0v) is 14.6. The first kappa shape index (κ1) is 16.3. The number of amides is 1. The molecule has 1 aliphatic heterocycles. The Bertz CT molecular complexity index is 891. The highest BCUT2D eigenvalue weighted by atomic mass is 16.1. The Morgan fingerprint density at radius 3 is 2.62 bits per heavy atom. The smallest absolute Gasteiger partial charge is 0.269 e. The monoisotopic (exact) mass is 343 g/mol. The van der Waals surface area contributed by atoms with Crippen molar-refractivity contribution in [3.63, 3.8) is 0 Å². The minimum Gasteiger partial charge on any atom is -0.350 e. The molecule has 0 bridgehead atoms. The molecule has 3 aromatic rings. The van der Waals surface area contributed by atoms with Crippen LogP contribution in [0.3, 0.4) is 0 Å². The molecule has 0 saturated carbocycles. The quantitative estimate of drug-likeness (QED) is 0.767. The highest BCUT2D eigenvalue weighted by Crippen LogP contribution is 2.33. The fourth-order valence-corrected chi connectivity index (χ4v) is 3.34. The van der Waals surface area contributed by atoms with Crippen molar-refractivity contribution in [1.29, 1.82) is 0 Å². The Balaban J connectivity index is 1.38. The lowest BCUT2D eigenvalue weighted by Crippen LogP contribution is -2.26. The average Bonchev–Trinajstić information content (AvgIpc) is 3.13. The van der Waals surface area contributed by atoms with Crippen molar-refractivity contribution < 1.29 is 4.79 Å². The lowest BCUT2D eigenvalue weighted by atomic mass is 10.1. The van der Waals surface area contributed by atoms with Gasteiger partial charge in [0.15, 0.2) is 0 Å². The molecule has 1 aromatic heterocycles. The number of pyridine rings is 1. The largest absolute Gasteiger partial charge is 0.350 e. The molecular weight excluding hydrogens is 322 g/mol. The van der Waals surface area contributed by atoms with Gasteiger partial charge in [-0.25, -0.2) is 4.98 Å². The molecule has 1 aliphatic rings. The van der Waals surface area contributed by atoms with Crippen LogP contribution in [-0.4, -0.2) is 24.0 Å². The lowest BCUT2D eigenvalue weighted by Gasteiger charge is -2.19. The van der Waals surface area contributed by atoms with E-state index < -0.39 is 0 Å². The number of fused-ring (bicyclic) bond motifs is 1. The second kappa shape index (κ2) is 7.40. The summed E-state index contributed by atoms with van der Waals surface area (Å²) in [4.78, 5) is 18.9. The molecule has 0 fully saturated rings. The molecule has 0 saturated heterocycles. The van der Waals surface area contributed by atoms with Crippen LogP contribution < -0.4 is 10.2 Å². The Morgan fingerprint density at radius 1 is 1.00 bits per heavy atom. The number of carbonyl (C=O) groups is 1. The maximum absolute atomic E-state index is 12.3. The number of benzene rings is 2. The standard InChI is InChI=1S/C22H21N3O/c26-22(23-14-12-17-6-2-1-3-7-17)20-11-10-19(16-24-20)25-15-13-18-8-4-5-9-21(18)25/h1-11,16H,12-15H2,(H,23,26). The average molecular weight is 343 g/mol. The Labute approximate surface area is 153 Å². The van der Waals surface area contributed by atoms with Crippen LogP contribution in [0, 0.1) is 0 Å². The number of nitrogens with zero attached hydrogens (tertiary/aromatic N) is 2. The van der Waals surface area contributed by atoms with Gasteiger partial charge in [-0.1, -0.05) is 48.5 Å². The predicted molar refractivity (Wildman–Crippen MR) is 104 cm³/mol. The van der Waals surface area contributed by atoms with Crippen molar-refractivity contribution in [2.45, 2.75) is 12.8 Å². The van der Waals surface area contributed by atoms with E-state index in [2.05, 4.69) is 51.6 Å². The van der Waals surface area contributed by atoms with Gasteiger partial charge in [0.1, 0.15) is 5.69 Å². The SMILES string of the molecule is O=C(NCCc1ccccc1)c1ccc(N2CCc3ccccc32)cn1. The van der Waals surface area contributed by atoms with Gasteiger partial charge in [0.2, 0.25) is 0 Å². The first-order chi connectivity index (χ1) is 12.8. The minimum atomic E-state index is -0.130. The Morgan fingerprint density at radius 2 is 1.81 bits per heavy atom. The molecule has 130 valence electrons. The van der Waals surface area contributed by atoms with E-state index in [1.807, 2.05) is 24.3 Å². The van der Waals surface area contributed by atoms with Crippen molar-refractivity contribution in [1.82, 2.24) is 10.3 Å². The molecule has 0 atom stereocenters. The van der Waals surface area contributed by atoms with Crippen LogP contribution in [0.5, 0.6) is 0 Å². The zero-order chi connectivity index (χ0) is 17.8. The van der Waals surface area contributed by atoms with Crippen molar-refractivity contribution in [2.75, 3.05) is 18.0 Å². The highest BCUT2D eigenvalue weighted by Gasteiger charge is 2.20. The molecular formula is C22H21N3O. The summed E-state index contributed by atoms with van der Waals surface area (Å²) < 4.78 is 0. The molecule has 4 nitrogen and oxygen atoms in total. The molecule has 4 rings (SSSR count). The van der Waals surface area contributed by atoms with Gasteiger partial charge >= 0.3 is 0 Å². The van der Waals surface area contributed by atoms with Crippen molar-refractivity contribution >= 4 is 17.3 Å². The third-order valence-electron chi connectivity index (χ3n) is 4.72. The number of carbonyl (C=O) groups excluding carboxylic acids is 1. The van der Waals surface area contributed by atoms with Gasteiger partial charge in [-0.2, -0.15) is 0 Å². The van der Waals surface area contributed by atoms with Crippen LogP contribution in [0.2, 0.25) is 0 Å². The second-order valence-corrected chi connectivity index (χ2v) is 6.42. The minimum absolute atomic E-state index is 0.130. The van der Waals surface area contributed by atoms with E-state index in [-0.39, 0.29) is 5.91 Å². The molecule has 2 heterocycles. The summed E-state index contributed by atoms with van der Waals surface area (Å²) in [5.41, 5.74) is 5.28. The normalized spacial score (nSPS) is 12.7. The first-order valence-corrected chi connectivity index (χ1v) is 8.95. The topological polar surface area (TPSA) is 45.2 Å². The summed E-state index contributed by atoms with van der Waals surface area (Å²) in [7, 11) is 0. The van der Waals surface area contributed by atoms with Crippen LogP contribution >= 0.6 is 0 Å². The summed E-state index contributed by atoms with van der Waals surface area (Å²) in [6.07, 6.45) is 3.64. The number of para-hydroxylation sites is 1. The van der Waals surface area contributed by atoms with Crippen LogP contribution in [0.4, 0.5) is 11.4 Å². The summed E-state index contributed by atoms with van der Waals surface area (Å²) in [6.45, 7) is 1.55. The summed E-state index contributed by atoms with van der Waals surface area (Å²) >= 11 is 0. The molecule has 0 spiro atoms. The Kier molecular flexibility index (Phi) is 4.65. The number of hydrogen-bond acceptors (Lipinski definition) is 3. The van der Waals surface area contributed by atoms with Gasteiger partial charge < -0.3 is 10.2 Å². The van der Waals surface area contributed by atoms with Gasteiger partial charge in [0, 0.05) is 18.8 Å². The van der Waals surface area contributed by atoms with Crippen molar-refractivity contribution in [3.05, 3.63) is 89.7 Å². The molecule has 0 radical (unpaired) electrons. The third kappa shape index (κ3) is 3.45. The summed E-state index contributed by atoms with van der Waals surface area (Å²) in [6, 6.07) is 22.3. The number of anilines is 2. The predicted octanol–water partition coefficient (Wildman–Crippen LogP) is 3.75. The molecule has 1 amide bonds. The van der Waals surface area contributed by atoms with E-state index in [9.17, 15) is 4.79 Å². The molecule has 4 heteroatoms. The molecule has 26 heavy (non-hydrogen) atoms. The fraction of sp³-hybridized carbons (Fsp3) is 0.182. The van der Waals surface area contributed by atoms with Gasteiger partial charge in [-0.3, -0.25) is 4.79 Å². The van der Waals surface area contributed by atoms with E-state index in [1.54, 1.807) is 12.3 Å². The summed E-state index contributed by atoms with van der Waals surface area (Å²) in [5, 5.41) is 2.94.